The highest BCUT2D eigenvalue weighted by molar-refractivity contribution is 5.19. The van der Waals surface area contributed by atoms with Crippen LogP contribution in [0.4, 0.5) is 0 Å². The molecule has 2 unspecified atom stereocenters. The lowest BCUT2D eigenvalue weighted by molar-refractivity contribution is 0.250. The maximum absolute atomic E-state index is 3.82. The molecule has 0 saturated carbocycles. The molecule has 0 aliphatic heterocycles. The Labute approximate surface area is 117 Å². The highest BCUT2D eigenvalue weighted by Gasteiger charge is 2.19. The fourth-order valence-corrected chi connectivity index (χ4v) is 2.54. The summed E-state index contributed by atoms with van der Waals surface area (Å²) in [5.74, 6) is 0.521. The fraction of sp³-hybridized carbons (Fsp3) is 0.412. The number of hydrogen-bond acceptors (Lipinski definition) is 2. The Morgan fingerprint density at radius 2 is 1.74 bits per heavy atom. The molecule has 1 rings (SSSR count). The van der Waals surface area contributed by atoms with Gasteiger partial charge in [0.1, 0.15) is 0 Å². The first-order chi connectivity index (χ1) is 9.22. The molecule has 19 heavy (non-hydrogen) atoms. The van der Waals surface area contributed by atoms with Crippen molar-refractivity contribution >= 4 is 0 Å². The monoisotopic (exact) mass is 258 g/mol. The van der Waals surface area contributed by atoms with Crippen LogP contribution in [0.15, 0.2) is 55.6 Å². The molecule has 0 aliphatic carbocycles. The summed E-state index contributed by atoms with van der Waals surface area (Å²) in [5.41, 5.74) is 1.34. The van der Waals surface area contributed by atoms with E-state index >= 15 is 0 Å². The van der Waals surface area contributed by atoms with Gasteiger partial charge in [-0.3, -0.25) is 4.90 Å². The highest BCUT2D eigenvalue weighted by Crippen LogP contribution is 2.22. The van der Waals surface area contributed by atoms with Gasteiger partial charge in [0.25, 0.3) is 0 Å². The van der Waals surface area contributed by atoms with Crippen LogP contribution in [0.25, 0.3) is 0 Å². The minimum Gasteiger partial charge on any atom is -0.313 e. The number of nitrogens with one attached hydrogen (secondary N) is 1. The third-order valence-electron chi connectivity index (χ3n) is 3.36. The molecular formula is C17H26N2. The average Bonchev–Trinajstić information content (AvgIpc) is 2.41. The van der Waals surface area contributed by atoms with E-state index in [-0.39, 0.29) is 0 Å². The molecule has 0 spiro atoms. The summed E-state index contributed by atoms with van der Waals surface area (Å²) in [5, 5.41) is 3.43. The Balaban J connectivity index is 2.70. The molecule has 0 amide bonds. The molecule has 0 aliphatic rings. The zero-order valence-electron chi connectivity index (χ0n) is 12.2. The molecular weight excluding hydrogens is 232 g/mol. The van der Waals surface area contributed by atoms with Gasteiger partial charge < -0.3 is 5.32 Å². The Bertz CT molecular complexity index is 362. The van der Waals surface area contributed by atoms with E-state index < -0.39 is 0 Å². The van der Waals surface area contributed by atoms with E-state index in [2.05, 4.69) is 60.6 Å². The summed E-state index contributed by atoms with van der Waals surface area (Å²) < 4.78 is 0. The minimum atomic E-state index is 0.373. The molecule has 1 aromatic rings. The first kappa shape index (κ1) is 15.7. The first-order valence-corrected chi connectivity index (χ1v) is 6.89. The highest BCUT2D eigenvalue weighted by atomic mass is 15.1. The lowest BCUT2D eigenvalue weighted by atomic mass is 9.94. The Morgan fingerprint density at radius 1 is 1.16 bits per heavy atom. The minimum absolute atomic E-state index is 0.373. The topological polar surface area (TPSA) is 15.3 Å². The second kappa shape index (κ2) is 8.68. The summed E-state index contributed by atoms with van der Waals surface area (Å²) in [4.78, 5) is 2.36. The van der Waals surface area contributed by atoms with Gasteiger partial charge in [0.15, 0.2) is 0 Å². The van der Waals surface area contributed by atoms with E-state index in [0.29, 0.717) is 12.0 Å². The van der Waals surface area contributed by atoms with E-state index in [9.17, 15) is 0 Å². The molecule has 104 valence electrons. The van der Waals surface area contributed by atoms with Crippen molar-refractivity contribution in [2.45, 2.75) is 13.0 Å². The molecule has 0 heterocycles. The van der Waals surface area contributed by atoms with Crippen molar-refractivity contribution < 1.29 is 0 Å². The molecule has 2 heteroatoms. The lowest BCUT2D eigenvalue weighted by Crippen LogP contribution is -2.35. The Hall–Kier alpha value is -1.38. The van der Waals surface area contributed by atoms with Crippen molar-refractivity contribution in [1.29, 1.82) is 0 Å². The van der Waals surface area contributed by atoms with Crippen LogP contribution in [-0.2, 0) is 0 Å². The smallest absolute Gasteiger partial charge is 0.0355 e. The van der Waals surface area contributed by atoms with Crippen molar-refractivity contribution in [3.8, 4) is 0 Å². The van der Waals surface area contributed by atoms with Gasteiger partial charge in [-0.2, -0.15) is 0 Å². The Morgan fingerprint density at radius 3 is 2.21 bits per heavy atom. The summed E-state index contributed by atoms with van der Waals surface area (Å²) in [6, 6.07) is 11.0. The fourth-order valence-electron chi connectivity index (χ4n) is 2.54. The van der Waals surface area contributed by atoms with E-state index in [0.717, 1.165) is 19.6 Å². The summed E-state index contributed by atoms with van der Waals surface area (Å²) >= 11 is 0. The van der Waals surface area contributed by atoms with Crippen molar-refractivity contribution in [2.75, 3.05) is 26.7 Å². The average molecular weight is 258 g/mol. The van der Waals surface area contributed by atoms with Gasteiger partial charge in [0.05, 0.1) is 0 Å². The summed E-state index contributed by atoms with van der Waals surface area (Å²) in [6.07, 6.45) is 3.90. The standard InChI is InChI=1S/C17H26N2/c1-5-12-19(13-6-2)14-15(3)17(18-4)16-10-8-7-9-11-16/h5-11,15,17-18H,1-2,12-14H2,3-4H3. The van der Waals surface area contributed by atoms with E-state index in [4.69, 9.17) is 0 Å². The van der Waals surface area contributed by atoms with Crippen LogP contribution in [0, 0.1) is 5.92 Å². The number of hydrogen-bond donors (Lipinski definition) is 1. The van der Waals surface area contributed by atoms with E-state index in [1.807, 2.05) is 19.2 Å². The third kappa shape index (κ3) is 5.01. The van der Waals surface area contributed by atoms with Crippen LogP contribution in [0.1, 0.15) is 18.5 Å². The molecule has 0 fully saturated rings. The predicted molar refractivity (Wildman–Crippen MR) is 84.2 cm³/mol. The van der Waals surface area contributed by atoms with Gasteiger partial charge in [0.2, 0.25) is 0 Å². The molecule has 0 aromatic heterocycles. The molecule has 2 nitrogen and oxygen atoms in total. The maximum Gasteiger partial charge on any atom is 0.0355 e. The van der Waals surface area contributed by atoms with Gasteiger partial charge in [-0.1, -0.05) is 49.4 Å². The molecule has 0 saturated heterocycles. The Kier molecular flexibility index (Phi) is 7.16. The van der Waals surface area contributed by atoms with Crippen molar-refractivity contribution in [3.63, 3.8) is 0 Å². The number of nitrogens with zero attached hydrogens (tertiary/aromatic N) is 1. The first-order valence-electron chi connectivity index (χ1n) is 6.89. The molecule has 2 atom stereocenters. The van der Waals surface area contributed by atoms with Crippen molar-refractivity contribution in [1.82, 2.24) is 10.2 Å². The second-order valence-corrected chi connectivity index (χ2v) is 4.95. The summed E-state index contributed by atoms with van der Waals surface area (Å²) in [6.45, 7) is 12.8. The van der Waals surface area contributed by atoms with Gasteiger partial charge >= 0.3 is 0 Å². The molecule has 1 aromatic carbocycles. The van der Waals surface area contributed by atoms with Crippen LogP contribution in [0.5, 0.6) is 0 Å². The van der Waals surface area contributed by atoms with Crippen molar-refractivity contribution in [2.24, 2.45) is 5.92 Å². The van der Waals surface area contributed by atoms with Crippen LogP contribution in [-0.4, -0.2) is 31.6 Å². The van der Waals surface area contributed by atoms with E-state index in [1.54, 1.807) is 0 Å². The SMILES string of the molecule is C=CCN(CC=C)CC(C)C(NC)c1ccccc1. The normalized spacial score (nSPS) is 14.1. The van der Waals surface area contributed by atoms with Gasteiger partial charge in [0, 0.05) is 25.7 Å². The zero-order valence-corrected chi connectivity index (χ0v) is 12.2. The maximum atomic E-state index is 3.82. The van der Waals surface area contributed by atoms with Gasteiger partial charge in [-0.05, 0) is 18.5 Å². The summed E-state index contributed by atoms with van der Waals surface area (Å²) in [7, 11) is 2.03. The van der Waals surface area contributed by atoms with Crippen LogP contribution < -0.4 is 5.32 Å². The zero-order chi connectivity index (χ0) is 14.1. The number of benzene rings is 1. The third-order valence-corrected chi connectivity index (χ3v) is 3.36. The van der Waals surface area contributed by atoms with Crippen molar-refractivity contribution in [3.05, 3.63) is 61.2 Å². The largest absolute Gasteiger partial charge is 0.313 e. The van der Waals surface area contributed by atoms with Crippen LogP contribution in [0.2, 0.25) is 0 Å². The van der Waals surface area contributed by atoms with Gasteiger partial charge in [-0.25, -0.2) is 0 Å². The molecule has 0 radical (unpaired) electrons. The molecule has 1 N–H and O–H groups in total. The number of rotatable bonds is 9. The van der Waals surface area contributed by atoms with Crippen LogP contribution >= 0.6 is 0 Å². The predicted octanol–water partition coefficient (Wildman–Crippen LogP) is 3.26. The second-order valence-electron chi connectivity index (χ2n) is 4.95. The molecule has 0 bridgehead atoms. The van der Waals surface area contributed by atoms with E-state index in [1.165, 1.54) is 5.56 Å². The lowest BCUT2D eigenvalue weighted by Gasteiger charge is -2.29. The van der Waals surface area contributed by atoms with Gasteiger partial charge in [-0.15, -0.1) is 13.2 Å². The quantitative estimate of drug-likeness (QED) is 0.684. The van der Waals surface area contributed by atoms with Crippen LogP contribution in [0.3, 0.4) is 0 Å².